The summed E-state index contributed by atoms with van der Waals surface area (Å²) in [5, 5.41) is 4.92. The third-order valence-corrected chi connectivity index (χ3v) is 9.36. The van der Waals surface area contributed by atoms with Gasteiger partial charge in [0.05, 0.1) is 22.2 Å². The monoisotopic (exact) mass is 512 g/mol. The highest BCUT2D eigenvalue weighted by atomic mass is 35.5. The second-order valence-electron chi connectivity index (χ2n) is 7.86. The number of thiazole rings is 2. The SMILES string of the molecule is CCn1c(=O)/c(=C2\Sc3cc(C)ccc3N2C)s/c1=C\c1scc[n+]1Cc1ccccc1Cl. The number of benzene rings is 2. The van der Waals surface area contributed by atoms with Crippen molar-refractivity contribution in [2.75, 3.05) is 11.9 Å². The number of aryl methyl sites for hydroxylation is 1. The molecule has 1 aliphatic rings. The molecular formula is C25H23ClN3OS3+. The first-order valence-electron chi connectivity index (χ1n) is 10.6. The van der Waals surface area contributed by atoms with Crippen LogP contribution in [0.2, 0.25) is 5.02 Å². The Morgan fingerprint density at radius 2 is 2.00 bits per heavy atom. The van der Waals surface area contributed by atoms with Gasteiger partial charge in [-0.2, -0.15) is 4.57 Å². The van der Waals surface area contributed by atoms with E-state index in [1.54, 1.807) is 34.4 Å². The minimum Gasteiger partial charge on any atom is -0.337 e. The van der Waals surface area contributed by atoms with Crippen LogP contribution in [0.4, 0.5) is 5.69 Å². The van der Waals surface area contributed by atoms with E-state index in [1.165, 1.54) is 10.5 Å². The highest BCUT2D eigenvalue weighted by Gasteiger charge is 2.25. The molecule has 0 fully saturated rings. The highest BCUT2D eigenvalue weighted by Crippen LogP contribution is 2.45. The van der Waals surface area contributed by atoms with Crippen LogP contribution < -0.4 is 24.2 Å². The standard InChI is InChI=1S/C25H23ClN3OS3/c1-4-29-22(14-21-28(11-12-31-21)15-17-7-5-6-8-18(17)26)33-23(24(29)30)25-27(3)19-10-9-16(2)13-20(19)32-25/h5-14H,4,15H2,1-3H3/q+1/b25-23+. The molecule has 0 saturated heterocycles. The topological polar surface area (TPSA) is 29.1 Å². The van der Waals surface area contributed by atoms with Crippen LogP contribution in [0.3, 0.4) is 0 Å². The van der Waals surface area contributed by atoms with E-state index in [9.17, 15) is 4.79 Å². The minimum absolute atomic E-state index is 0.0711. The third kappa shape index (κ3) is 4.19. The Hall–Kier alpha value is -2.32. The number of rotatable bonds is 4. The molecule has 4 nitrogen and oxygen atoms in total. The largest absolute Gasteiger partial charge is 0.337 e. The molecule has 0 radical (unpaired) electrons. The van der Waals surface area contributed by atoms with E-state index in [1.807, 2.05) is 42.8 Å². The Bertz CT molecular complexity index is 1530. The van der Waals surface area contributed by atoms with Crippen LogP contribution in [-0.4, -0.2) is 11.6 Å². The zero-order chi connectivity index (χ0) is 23.1. The normalized spacial score (nSPS) is 15.4. The highest BCUT2D eigenvalue weighted by molar-refractivity contribution is 8.08. The van der Waals surface area contributed by atoms with Gasteiger partial charge >= 0.3 is 0 Å². The first-order chi connectivity index (χ1) is 16.0. The van der Waals surface area contributed by atoms with Gasteiger partial charge in [-0.05, 0) is 37.6 Å². The molecule has 0 amide bonds. The Morgan fingerprint density at radius 3 is 2.79 bits per heavy atom. The maximum Gasteiger partial charge on any atom is 0.271 e. The lowest BCUT2D eigenvalue weighted by atomic mass is 10.2. The van der Waals surface area contributed by atoms with Crippen LogP contribution >= 0.6 is 46.0 Å². The van der Waals surface area contributed by atoms with E-state index in [0.29, 0.717) is 13.1 Å². The van der Waals surface area contributed by atoms with Crippen LogP contribution in [0.15, 0.2) is 63.7 Å². The molecule has 33 heavy (non-hydrogen) atoms. The van der Waals surface area contributed by atoms with E-state index >= 15 is 0 Å². The van der Waals surface area contributed by atoms with Gasteiger partial charge < -0.3 is 4.90 Å². The van der Waals surface area contributed by atoms with Crippen molar-refractivity contribution in [3.8, 4) is 0 Å². The summed E-state index contributed by atoms with van der Waals surface area (Å²) in [4.78, 5) is 16.7. The molecular weight excluding hydrogens is 490 g/mol. The van der Waals surface area contributed by atoms with Gasteiger partial charge in [0.1, 0.15) is 14.2 Å². The van der Waals surface area contributed by atoms with Crippen molar-refractivity contribution >= 4 is 62.8 Å². The Labute approximate surface area is 209 Å². The molecule has 2 aromatic carbocycles. The number of halogens is 1. The summed E-state index contributed by atoms with van der Waals surface area (Å²) in [7, 11) is 2.04. The van der Waals surface area contributed by atoms with Gasteiger partial charge in [0, 0.05) is 24.1 Å². The Kier molecular flexibility index (Phi) is 6.22. The zero-order valence-corrected chi connectivity index (χ0v) is 21.7. The van der Waals surface area contributed by atoms with Crippen molar-refractivity contribution in [3.63, 3.8) is 0 Å². The van der Waals surface area contributed by atoms with E-state index in [0.717, 1.165) is 35.5 Å². The Balaban J connectivity index is 1.61. The maximum absolute atomic E-state index is 13.4. The zero-order valence-electron chi connectivity index (χ0n) is 18.5. The van der Waals surface area contributed by atoms with Gasteiger partial charge in [-0.25, -0.2) is 0 Å². The summed E-state index contributed by atoms with van der Waals surface area (Å²) in [6.45, 7) is 5.44. The lowest BCUT2D eigenvalue weighted by Gasteiger charge is -2.12. The van der Waals surface area contributed by atoms with Gasteiger partial charge in [-0.15, -0.1) is 11.3 Å². The second kappa shape index (κ2) is 9.14. The smallest absolute Gasteiger partial charge is 0.271 e. The number of hydrogen-bond acceptors (Lipinski definition) is 5. The molecule has 0 N–H and O–H groups in total. The molecule has 0 aliphatic carbocycles. The van der Waals surface area contributed by atoms with Gasteiger partial charge in [0.2, 0.25) is 0 Å². The summed E-state index contributed by atoms with van der Waals surface area (Å²) < 4.78 is 5.80. The lowest BCUT2D eigenvalue weighted by molar-refractivity contribution is -0.685. The number of hydrogen-bond donors (Lipinski definition) is 0. The molecule has 0 unspecified atom stereocenters. The van der Waals surface area contributed by atoms with Crippen molar-refractivity contribution < 1.29 is 4.57 Å². The van der Waals surface area contributed by atoms with Crippen molar-refractivity contribution in [1.29, 1.82) is 0 Å². The van der Waals surface area contributed by atoms with Gasteiger partial charge in [-0.1, -0.05) is 59.0 Å². The lowest BCUT2D eigenvalue weighted by Crippen LogP contribution is -2.36. The first kappa shape index (κ1) is 22.5. The Morgan fingerprint density at radius 1 is 1.18 bits per heavy atom. The first-order valence-corrected chi connectivity index (χ1v) is 13.5. The van der Waals surface area contributed by atoms with Crippen molar-refractivity contribution in [2.45, 2.75) is 31.8 Å². The number of thioether (sulfide) groups is 1. The molecule has 0 spiro atoms. The van der Waals surface area contributed by atoms with Crippen LogP contribution in [0.25, 0.3) is 11.1 Å². The van der Waals surface area contributed by atoms with Gasteiger partial charge in [-0.3, -0.25) is 9.36 Å². The minimum atomic E-state index is 0.0711. The number of anilines is 1. The fraction of sp³-hybridized carbons (Fsp3) is 0.200. The molecule has 5 rings (SSSR count). The van der Waals surface area contributed by atoms with Crippen molar-refractivity contribution in [2.24, 2.45) is 0 Å². The second-order valence-corrected chi connectivity index (χ2v) is 11.3. The van der Waals surface area contributed by atoms with Crippen LogP contribution in [0.1, 0.15) is 23.1 Å². The number of fused-ring (bicyclic) bond motifs is 1. The molecule has 2 aromatic heterocycles. The number of aromatic nitrogens is 2. The van der Waals surface area contributed by atoms with Crippen molar-refractivity contribution in [1.82, 2.24) is 4.57 Å². The summed E-state index contributed by atoms with van der Waals surface area (Å²) in [6.07, 6.45) is 4.19. The van der Waals surface area contributed by atoms with Crippen molar-refractivity contribution in [3.05, 3.63) is 94.7 Å². The summed E-state index contributed by atoms with van der Waals surface area (Å²) in [5.41, 5.74) is 3.52. The van der Waals surface area contributed by atoms with E-state index in [-0.39, 0.29) is 5.56 Å². The van der Waals surface area contributed by atoms with E-state index in [4.69, 9.17) is 11.6 Å². The van der Waals surface area contributed by atoms with E-state index < -0.39 is 0 Å². The van der Waals surface area contributed by atoms with Crippen LogP contribution in [0.5, 0.6) is 0 Å². The predicted octanol–water partition coefficient (Wildman–Crippen LogP) is 4.43. The van der Waals surface area contributed by atoms with Crippen LogP contribution in [0, 0.1) is 6.92 Å². The molecule has 0 atom stereocenters. The summed E-state index contributed by atoms with van der Waals surface area (Å²) in [6, 6.07) is 14.3. The average Bonchev–Trinajstić information content (AvgIpc) is 3.46. The third-order valence-electron chi connectivity index (χ3n) is 5.67. The molecule has 168 valence electrons. The maximum atomic E-state index is 13.4. The predicted molar refractivity (Wildman–Crippen MR) is 141 cm³/mol. The quantitative estimate of drug-likeness (QED) is 0.379. The molecule has 0 bridgehead atoms. The fourth-order valence-electron chi connectivity index (χ4n) is 3.91. The van der Waals surface area contributed by atoms with E-state index in [2.05, 4.69) is 52.2 Å². The fourth-order valence-corrected chi connectivity index (χ4v) is 7.52. The van der Waals surface area contributed by atoms with Gasteiger partial charge in [0.15, 0.2) is 12.7 Å². The number of nitrogens with zero attached hydrogens (tertiary/aromatic N) is 3. The molecule has 1 aliphatic heterocycles. The molecule has 3 heterocycles. The van der Waals surface area contributed by atoms with Crippen LogP contribution in [-0.2, 0) is 13.1 Å². The summed E-state index contributed by atoms with van der Waals surface area (Å²) >= 11 is 11.3. The summed E-state index contributed by atoms with van der Waals surface area (Å²) in [5.74, 6) is 0. The average molecular weight is 513 g/mol. The molecule has 8 heteroatoms. The molecule has 0 saturated carbocycles. The van der Waals surface area contributed by atoms with Gasteiger partial charge in [0.25, 0.3) is 10.6 Å². The molecule has 4 aromatic rings.